The van der Waals surface area contributed by atoms with Crippen molar-refractivity contribution in [2.45, 2.75) is 12.8 Å². The smallest absolute Gasteiger partial charge is 0.292 e. The van der Waals surface area contributed by atoms with Crippen molar-refractivity contribution in [3.8, 4) is 0 Å². The molecule has 0 unspecified atom stereocenters. The minimum absolute atomic E-state index is 0.0319. The number of nitrogens with one attached hydrogen (secondary N) is 2. The summed E-state index contributed by atoms with van der Waals surface area (Å²) in [5.41, 5.74) is 6.39. The molecule has 0 saturated carbocycles. The summed E-state index contributed by atoms with van der Waals surface area (Å²) in [4.78, 5) is 10.5. The van der Waals surface area contributed by atoms with Crippen molar-refractivity contribution in [3.05, 3.63) is 69.8 Å². The van der Waals surface area contributed by atoms with Crippen LogP contribution in [0.4, 0.5) is 11.4 Å². The molecule has 7 heteroatoms. The number of nitro groups is 1. The van der Waals surface area contributed by atoms with Gasteiger partial charge in [-0.1, -0.05) is 36.4 Å². The molecule has 0 aliphatic heterocycles. The fourth-order valence-corrected chi connectivity index (χ4v) is 2.69. The van der Waals surface area contributed by atoms with Crippen molar-refractivity contribution in [3.63, 3.8) is 0 Å². The lowest BCUT2D eigenvalue weighted by Crippen LogP contribution is -2.25. The van der Waals surface area contributed by atoms with Crippen LogP contribution in [0.3, 0.4) is 0 Å². The van der Waals surface area contributed by atoms with Gasteiger partial charge in [0.25, 0.3) is 5.69 Å². The summed E-state index contributed by atoms with van der Waals surface area (Å²) in [5.74, 6) is 0. The van der Waals surface area contributed by atoms with E-state index >= 15 is 0 Å². The number of anilines is 1. The lowest BCUT2D eigenvalue weighted by atomic mass is 10.1. The topological polar surface area (TPSA) is 79.6 Å². The first-order valence-corrected chi connectivity index (χ1v) is 7.51. The standard InChI is InChI=1S/C16H14N4O2S/c21-20(22)15-8-4-3-7-14(15)17-16(23)19-18-13-10-9-11-5-1-2-6-12(11)13/h1-8H,9-10H2,(H2,17,19,23)/b18-13-. The molecule has 1 aliphatic rings. The average molecular weight is 326 g/mol. The summed E-state index contributed by atoms with van der Waals surface area (Å²) >= 11 is 5.16. The summed E-state index contributed by atoms with van der Waals surface area (Å²) in [6.45, 7) is 0. The highest BCUT2D eigenvalue weighted by Crippen LogP contribution is 2.23. The first-order chi connectivity index (χ1) is 11.1. The first kappa shape index (κ1) is 15.1. The second-order valence-electron chi connectivity index (χ2n) is 5.06. The monoisotopic (exact) mass is 326 g/mol. The number of hydrogen-bond donors (Lipinski definition) is 2. The van der Waals surface area contributed by atoms with Crippen molar-refractivity contribution in [1.82, 2.24) is 5.43 Å². The van der Waals surface area contributed by atoms with Gasteiger partial charge >= 0.3 is 0 Å². The Labute approximate surface area is 138 Å². The molecule has 0 atom stereocenters. The number of rotatable bonds is 3. The molecule has 1 aliphatic carbocycles. The Morgan fingerprint density at radius 2 is 1.87 bits per heavy atom. The molecule has 0 radical (unpaired) electrons. The van der Waals surface area contributed by atoms with Gasteiger partial charge in [-0.3, -0.25) is 15.5 Å². The van der Waals surface area contributed by atoms with Crippen LogP contribution < -0.4 is 10.7 Å². The molecule has 0 spiro atoms. The fraction of sp³-hybridized carbons (Fsp3) is 0.125. The molecule has 0 heterocycles. The van der Waals surface area contributed by atoms with Crippen LogP contribution in [0.25, 0.3) is 0 Å². The Balaban J connectivity index is 1.70. The number of fused-ring (bicyclic) bond motifs is 1. The van der Waals surface area contributed by atoms with Gasteiger partial charge in [0, 0.05) is 11.6 Å². The van der Waals surface area contributed by atoms with Crippen LogP contribution in [0, 0.1) is 10.1 Å². The third-order valence-electron chi connectivity index (χ3n) is 3.60. The van der Waals surface area contributed by atoms with Gasteiger partial charge in [0.1, 0.15) is 5.69 Å². The van der Waals surface area contributed by atoms with E-state index in [4.69, 9.17) is 12.2 Å². The summed E-state index contributed by atoms with van der Waals surface area (Å²) in [6.07, 6.45) is 1.81. The zero-order chi connectivity index (χ0) is 16.2. The molecule has 2 aromatic rings. The number of hydrogen-bond acceptors (Lipinski definition) is 4. The number of benzene rings is 2. The number of aryl methyl sites for hydroxylation is 1. The van der Waals surface area contributed by atoms with Gasteiger partial charge in [-0.25, -0.2) is 0 Å². The van der Waals surface area contributed by atoms with E-state index in [2.05, 4.69) is 21.9 Å². The van der Waals surface area contributed by atoms with Crippen LogP contribution in [0.1, 0.15) is 17.5 Å². The van der Waals surface area contributed by atoms with Crippen LogP contribution in [0.15, 0.2) is 53.6 Å². The molecule has 23 heavy (non-hydrogen) atoms. The zero-order valence-corrected chi connectivity index (χ0v) is 13.0. The van der Waals surface area contributed by atoms with Crippen molar-refractivity contribution in [2.24, 2.45) is 5.10 Å². The molecule has 0 aromatic heterocycles. The number of nitrogens with zero attached hydrogens (tertiary/aromatic N) is 2. The SMILES string of the molecule is O=[N+]([O-])c1ccccc1NC(=S)N/N=C1/CCc2ccccc21. The highest BCUT2D eigenvalue weighted by Gasteiger charge is 2.17. The average Bonchev–Trinajstić information content (AvgIpc) is 2.96. The Hall–Kier alpha value is -2.80. The summed E-state index contributed by atoms with van der Waals surface area (Å²) in [6, 6.07) is 14.4. The van der Waals surface area contributed by atoms with Gasteiger partial charge < -0.3 is 5.32 Å². The molecule has 0 bridgehead atoms. The Kier molecular flexibility index (Phi) is 4.29. The van der Waals surface area contributed by atoms with Crippen molar-refractivity contribution >= 4 is 34.4 Å². The van der Waals surface area contributed by atoms with E-state index in [9.17, 15) is 10.1 Å². The highest BCUT2D eigenvalue weighted by atomic mass is 32.1. The van der Waals surface area contributed by atoms with Crippen molar-refractivity contribution in [1.29, 1.82) is 0 Å². The van der Waals surface area contributed by atoms with Crippen LogP contribution in [-0.4, -0.2) is 15.7 Å². The van der Waals surface area contributed by atoms with Gasteiger partial charge in [-0.2, -0.15) is 5.10 Å². The Morgan fingerprint density at radius 3 is 2.70 bits per heavy atom. The van der Waals surface area contributed by atoms with Gasteiger partial charge in [-0.05, 0) is 36.7 Å². The maximum atomic E-state index is 11.0. The van der Waals surface area contributed by atoms with Crippen LogP contribution in [-0.2, 0) is 6.42 Å². The van der Waals surface area contributed by atoms with E-state index in [1.54, 1.807) is 18.2 Å². The van der Waals surface area contributed by atoms with E-state index in [1.165, 1.54) is 11.6 Å². The lowest BCUT2D eigenvalue weighted by molar-refractivity contribution is -0.383. The summed E-state index contributed by atoms with van der Waals surface area (Å²) < 4.78 is 0. The number of nitro benzene ring substituents is 1. The largest absolute Gasteiger partial charge is 0.326 e. The minimum Gasteiger partial charge on any atom is -0.326 e. The molecule has 3 rings (SSSR count). The zero-order valence-electron chi connectivity index (χ0n) is 12.2. The maximum Gasteiger partial charge on any atom is 0.292 e. The second kappa shape index (κ2) is 6.53. The highest BCUT2D eigenvalue weighted by molar-refractivity contribution is 7.80. The Morgan fingerprint density at radius 1 is 1.13 bits per heavy atom. The van der Waals surface area contributed by atoms with E-state index in [0.717, 1.165) is 24.1 Å². The van der Waals surface area contributed by atoms with Gasteiger partial charge in [0.15, 0.2) is 5.11 Å². The molecule has 2 N–H and O–H groups in total. The van der Waals surface area contributed by atoms with Gasteiger partial charge in [0.2, 0.25) is 0 Å². The van der Waals surface area contributed by atoms with Gasteiger partial charge in [-0.15, -0.1) is 0 Å². The van der Waals surface area contributed by atoms with Crippen LogP contribution >= 0.6 is 12.2 Å². The third kappa shape index (κ3) is 3.35. The molecule has 2 aromatic carbocycles. The van der Waals surface area contributed by atoms with E-state index in [0.29, 0.717) is 5.69 Å². The summed E-state index contributed by atoms with van der Waals surface area (Å²) in [7, 11) is 0. The molecular weight excluding hydrogens is 312 g/mol. The normalized spacial score (nSPS) is 14.3. The minimum atomic E-state index is -0.454. The molecule has 0 amide bonds. The quantitative estimate of drug-likeness (QED) is 0.514. The Bertz CT molecular complexity index is 804. The predicted octanol–water partition coefficient (Wildman–Crippen LogP) is 3.23. The predicted molar refractivity (Wildman–Crippen MR) is 93.8 cm³/mol. The third-order valence-corrected chi connectivity index (χ3v) is 3.79. The molecule has 0 fully saturated rings. The van der Waals surface area contributed by atoms with Crippen LogP contribution in [0.2, 0.25) is 0 Å². The van der Waals surface area contributed by atoms with E-state index in [1.807, 2.05) is 18.2 Å². The van der Waals surface area contributed by atoms with Crippen LogP contribution in [0.5, 0.6) is 0 Å². The maximum absolute atomic E-state index is 11.0. The van der Waals surface area contributed by atoms with E-state index < -0.39 is 4.92 Å². The van der Waals surface area contributed by atoms with E-state index in [-0.39, 0.29) is 10.8 Å². The molecule has 6 nitrogen and oxygen atoms in total. The molecule has 0 saturated heterocycles. The van der Waals surface area contributed by atoms with Crippen molar-refractivity contribution in [2.75, 3.05) is 5.32 Å². The number of para-hydroxylation sites is 2. The second-order valence-corrected chi connectivity index (χ2v) is 5.46. The summed E-state index contributed by atoms with van der Waals surface area (Å²) in [5, 5.41) is 18.3. The fourth-order valence-electron chi connectivity index (χ4n) is 2.53. The van der Waals surface area contributed by atoms with Crippen molar-refractivity contribution < 1.29 is 4.92 Å². The first-order valence-electron chi connectivity index (χ1n) is 7.10. The number of thiocarbonyl (C=S) groups is 1. The van der Waals surface area contributed by atoms with Gasteiger partial charge in [0.05, 0.1) is 10.6 Å². The molecule has 116 valence electrons. The number of hydrazone groups is 1. The lowest BCUT2D eigenvalue weighted by Gasteiger charge is -2.08. The molecular formula is C16H14N4O2S.